The zero-order valence-electron chi connectivity index (χ0n) is 11.2. The Bertz CT molecular complexity index is 708. The monoisotopic (exact) mass is 315 g/mol. The molecule has 0 atom stereocenters. The number of amides is 1. The summed E-state index contributed by atoms with van der Waals surface area (Å²) < 4.78 is 0. The number of rotatable bonds is 5. The van der Waals surface area contributed by atoms with Gasteiger partial charge in [0.1, 0.15) is 5.01 Å². The normalized spacial score (nSPS) is 10.5. The lowest BCUT2D eigenvalue weighted by atomic mass is 10.3. The van der Waals surface area contributed by atoms with Crippen molar-refractivity contribution in [3.05, 3.63) is 57.2 Å². The minimum Gasteiger partial charge on any atom is -0.349 e. The highest BCUT2D eigenvalue weighted by atomic mass is 32.1. The van der Waals surface area contributed by atoms with Crippen molar-refractivity contribution in [3.8, 4) is 11.4 Å². The minimum absolute atomic E-state index is 0.0204. The van der Waals surface area contributed by atoms with Crippen LogP contribution in [0, 0.1) is 0 Å². The molecule has 0 bridgehead atoms. The van der Waals surface area contributed by atoms with Crippen molar-refractivity contribution in [1.29, 1.82) is 0 Å². The molecule has 106 valence electrons. The molecule has 4 nitrogen and oxygen atoms in total. The zero-order chi connectivity index (χ0) is 14.5. The number of aromatic nitrogens is 2. The summed E-state index contributed by atoms with van der Waals surface area (Å²) in [6.45, 7) is 0.460. The maximum atomic E-state index is 11.8. The molecule has 0 fully saturated rings. The third-order valence-electron chi connectivity index (χ3n) is 2.83. The lowest BCUT2D eigenvalue weighted by Gasteiger charge is -2.01. The minimum atomic E-state index is 0.0204. The Hall–Kier alpha value is -2.05. The van der Waals surface area contributed by atoms with Gasteiger partial charge in [0.25, 0.3) is 0 Å². The number of nitrogens with zero attached hydrogens (tertiary/aromatic N) is 2. The molecule has 0 aromatic carbocycles. The Balaban J connectivity index is 1.56. The van der Waals surface area contributed by atoms with E-state index < -0.39 is 0 Å². The quantitative estimate of drug-likeness (QED) is 0.787. The molecule has 21 heavy (non-hydrogen) atoms. The van der Waals surface area contributed by atoms with E-state index in [0.29, 0.717) is 13.0 Å². The highest BCUT2D eigenvalue weighted by molar-refractivity contribution is 7.10. The average Bonchev–Trinajstić information content (AvgIpc) is 3.17. The molecular formula is C15H13N3OS2. The van der Waals surface area contributed by atoms with Crippen molar-refractivity contribution in [1.82, 2.24) is 15.3 Å². The van der Waals surface area contributed by atoms with Gasteiger partial charge in [0.2, 0.25) is 5.91 Å². The molecule has 0 saturated heterocycles. The summed E-state index contributed by atoms with van der Waals surface area (Å²) in [4.78, 5) is 21.6. The highest BCUT2D eigenvalue weighted by Gasteiger charge is 2.08. The molecular weight excluding hydrogens is 302 g/mol. The Morgan fingerprint density at radius 1 is 1.14 bits per heavy atom. The van der Waals surface area contributed by atoms with Gasteiger partial charge in [-0.25, -0.2) is 4.98 Å². The van der Waals surface area contributed by atoms with Crippen molar-refractivity contribution in [2.45, 2.75) is 13.0 Å². The first-order valence-corrected chi connectivity index (χ1v) is 8.22. The van der Waals surface area contributed by atoms with Crippen LogP contribution in [0.2, 0.25) is 0 Å². The number of carbonyl (C=O) groups excluding carboxylic acids is 1. The fourth-order valence-corrected chi connectivity index (χ4v) is 3.26. The van der Waals surface area contributed by atoms with Gasteiger partial charge < -0.3 is 5.32 Å². The summed E-state index contributed by atoms with van der Waals surface area (Å²) in [6.07, 6.45) is 2.17. The van der Waals surface area contributed by atoms with E-state index in [2.05, 4.69) is 15.3 Å². The number of hydrogen-bond acceptors (Lipinski definition) is 5. The molecule has 0 spiro atoms. The van der Waals surface area contributed by atoms with Gasteiger partial charge in [-0.3, -0.25) is 9.78 Å². The number of nitrogens with one attached hydrogen (secondary N) is 1. The van der Waals surface area contributed by atoms with Gasteiger partial charge in [-0.15, -0.1) is 22.7 Å². The molecule has 0 aliphatic carbocycles. The van der Waals surface area contributed by atoms with Crippen molar-refractivity contribution in [2.75, 3.05) is 0 Å². The van der Waals surface area contributed by atoms with E-state index in [1.807, 2.05) is 41.1 Å². The number of thiazole rings is 1. The summed E-state index contributed by atoms with van der Waals surface area (Å²) in [7, 11) is 0. The van der Waals surface area contributed by atoms with Gasteiger partial charge in [0.15, 0.2) is 0 Å². The predicted molar refractivity (Wildman–Crippen MR) is 85.2 cm³/mol. The Morgan fingerprint density at radius 2 is 2.10 bits per heavy atom. The van der Waals surface area contributed by atoms with Gasteiger partial charge in [0.05, 0.1) is 24.4 Å². The van der Waals surface area contributed by atoms with Crippen molar-refractivity contribution < 1.29 is 4.79 Å². The van der Waals surface area contributed by atoms with E-state index in [0.717, 1.165) is 21.3 Å². The number of pyridine rings is 1. The van der Waals surface area contributed by atoms with Gasteiger partial charge in [-0.1, -0.05) is 12.1 Å². The topological polar surface area (TPSA) is 54.9 Å². The molecule has 1 N–H and O–H groups in total. The van der Waals surface area contributed by atoms with E-state index >= 15 is 0 Å². The Morgan fingerprint density at radius 3 is 2.86 bits per heavy atom. The first-order chi connectivity index (χ1) is 10.3. The van der Waals surface area contributed by atoms with Crippen molar-refractivity contribution in [3.63, 3.8) is 0 Å². The molecule has 0 aliphatic rings. The predicted octanol–water partition coefficient (Wildman–Crippen LogP) is 3.13. The SMILES string of the molecule is O=C(Cc1cccs1)NCc1nc(-c2ccccn2)cs1. The third-order valence-corrected chi connectivity index (χ3v) is 4.56. The Kier molecular flexibility index (Phi) is 4.37. The molecule has 0 aliphatic heterocycles. The molecule has 1 amide bonds. The van der Waals surface area contributed by atoms with Gasteiger partial charge >= 0.3 is 0 Å². The van der Waals surface area contributed by atoms with Gasteiger partial charge in [-0.05, 0) is 23.6 Å². The maximum Gasteiger partial charge on any atom is 0.225 e. The summed E-state index contributed by atoms with van der Waals surface area (Å²) in [5.41, 5.74) is 1.70. The fourth-order valence-electron chi connectivity index (χ4n) is 1.83. The standard InChI is InChI=1S/C15H13N3OS2/c19-14(8-11-4-3-7-20-11)17-9-15-18-13(10-21-15)12-5-1-2-6-16-12/h1-7,10H,8-9H2,(H,17,19). The first-order valence-electron chi connectivity index (χ1n) is 6.46. The van der Waals surface area contributed by atoms with Crippen LogP contribution in [0.3, 0.4) is 0 Å². The fraction of sp³-hybridized carbons (Fsp3) is 0.133. The second-order valence-corrected chi connectivity index (χ2v) is 6.35. The first kappa shape index (κ1) is 13.9. The van der Waals surface area contributed by atoms with E-state index in [1.54, 1.807) is 17.5 Å². The molecule has 3 aromatic heterocycles. The molecule has 3 aromatic rings. The summed E-state index contributed by atoms with van der Waals surface area (Å²) in [6, 6.07) is 9.65. The maximum absolute atomic E-state index is 11.8. The lowest BCUT2D eigenvalue weighted by molar-refractivity contribution is -0.120. The van der Waals surface area contributed by atoms with Crippen LogP contribution in [0.5, 0.6) is 0 Å². The van der Waals surface area contributed by atoms with Crippen LogP contribution in [-0.2, 0) is 17.8 Å². The van der Waals surface area contributed by atoms with Gasteiger partial charge in [-0.2, -0.15) is 0 Å². The summed E-state index contributed by atoms with van der Waals surface area (Å²) in [5, 5.41) is 7.72. The molecule has 0 saturated carbocycles. The van der Waals surface area contributed by atoms with E-state index in [1.165, 1.54) is 11.3 Å². The van der Waals surface area contributed by atoms with Gasteiger partial charge in [0, 0.05) is 16.5 Å². The molecule has 0 radical (unpaired) electrons. The van der Waals surface area contributed by atoms with Crippen molar-refractivity contribution in [2.24, 2.45) is 0 Å². The van der Waals surface area contributed by atoms with E-state index in [-0.39, 0.29) is 5.91 Å². The second-order valence-electron chi connectivity index (χ2n) is 4.37. The van der Waals surface area contributed by atoms with Crippen LogP contribution in [0.15, 0.2) is 47.3 Å². The lowest BCUT2D eigenvalue weighted by Crippen LogP contribution is -2.24. The molecule has 6 heteroatoms. The second kappa shape index (κ2) is 6.60. The Labute approximate surface area is 130 Å². The summed E-state index contributed by atoms with van der Waals surface area (Å²) >= 11 is 3.12. The zero-order valence-corrected chi connectivity index (χ0v) is 12.8. The number of hydrogen-bond donors (Lipinski definition) is 1. The van der Waals surface area contributed by atoms with Crippen molar-refractivity contribution >= 4 is 28.6 Å². The smallest absolute Gasteiger partial charge is 0.225 e. The molecule has 3 heterocycles. The third kappa shape index (κ3) is 3.74. The number of carbonyl (C=O) groups is 1. The van der Waals surface area contributed by atoms with E-state index in [9.17, 15) is 4.79 Å². The van der Waals surface area contributed by atoms with Crippen LogP contribution in [-0.4, -0.2) is 15.9 Å². The summed E-state index contributed by atoms with van der Waals surface area (Å²) in [5.74, 6) is 0.0204. The largest absolute Gasteiger partial charge is 0.349 e. The number of thiophene rings is 1. The average molecular weight is 315 g/mol. The van der Waals surface area contributed by atoms with E-state index in [4.69, 9.17) is 0 Å². The van der Waals surface area contributed by atoms with Crippen LogP contribution >= 0.6 is 22.7 Å². The molecule has 0 unspecified atom stereocenters. The van der Waals surface area contributed by atoms with Crippen LogP contribution in [0.1, 0.15) is 9.88 Å². The van der Waals surface area contributed by atoms with Crippen LogP contribution in [0.4, 0.5) is 0 Å². The van der Waals surface area contributed by atoms with Crippen LogP contribution < -0.4 is 5.32 Å². The van der Waals surface area contributed by atoms with Crippen LogP contribution in [0.25, 0.3) is 11.4 Å². The molecule has 3 rings (SSSR count). The highest BCUT2D eigenvalue weighted by Crippen LogP contribution is 2.19.